The van der Waals surface area contributed by atoms with Crippen molar-refractivity contribution in [2.24, 2.45) is 5.92 Å². The Labute approximate surface area is 189 Å². The van der Waals surface area contributed by atoms with Crippen molar-refractivity contribution in [2.75, 3.05) is 26.2 Å². The normalized spacial score (nSPS) is 22.9. The van der Waals surface area contributed by atoms with E-state index in [2.05, 4.69) is 22.4 Å². The molecule has 4 nitrogen and oxygen atoms in total. The zero-order valence-corrected chi connectivity index (χ0v) is 18.5. The SMILES string of the molecule is Cl.Cl.O=c1c(CN2CC=C(c3ccc(F)cc3)CC2)ccc2n1C[C@@H]1CNC[C@H]2C1. The minimum absolute atomic E-state index is 0. The number of nitrogens with zero attached hydrogens (tertiary/aromatic N) is 2. The van der Waals surface area contributed by atoms with Gasteiger partial charge in [0.05, 0.1) is 0 Å². The maximum absolute atomic E-state index is 13.1. The molecule has 0 saturated carbocycles. The molecule has 4 heterocycles. The predicted molar refractivity (Wildman–Crippen MR) is 123 cm³/mol. The summed E-state index contributed by atoms with van der Waals surface area (Å²) in [6.07, 6.45) is 4.34. The van der Waals surface area contributed by atoms with E-state index in [1.54, 1.807) is 0 Å². The van der Waals surface area contributed by atoms with Gasteiger partial charge in [-0.1, -0.05) is 24.3 Å². The third kappa shape index (κ3) is 4.50. The van der Waals surface area contributed by atoms with E-state index in [-0.39, 0.29) is 36.2 Å². The summed E-state index contributed by atoms with van der Waals surface area (Å²) in [5.74, 6) is 0.857. The van der Waals surface area contributed by atoms with Crippen molar-refractivity contribution < 1.29 is 4.39 Å². The molecule has 0 radical (unpaired) electrons. The van der Waals surface area contributed by atoms with Gasteiger partial charge in [-0.2, -0.15) is 0 Å². The molecular formula is C23H28Cl2FN3O. The third-order valence-corrected chi connectivity index (χ3v) is 6.49. The smallest absolute Gasteiger partial charge is 0.255 e. The zero-order chi connectivity index (χ0) is 19.1. The highest BCUT2D eigenvalue weighted by atomic mass is 35.5. The molecule has 1 saturated heterocycles. The van der Waals surface area contributed by atoms with Gasteiger partial charge in [0, 0.05) is 49.9 Å². The van der Waals surface area contributed by atoms with Gasteiger partial charge in [-0.05, 0) is 54.6 Å². The van der Waals surface area contributed by atoms with Gasteiger partial charge < -0.3 is 9.88 Å². The molecule has 30 heavy (non-hydrogen) atoms. The molecule has 162 valence electrons. The topological polar surface area (TPSA) is 37.3 Å². The largest absolute Gasteiger partial charge is 0.316 e. The summed E-state index contributed by atoms with van der Waals surface area (Å²) in [5, 5.41) is 3.50. The number of piperidine rings is 1. The first-order valence-corrected chi connectivity index (χ1v) is 10.3. The number of halogens is 3. The minimum Gasteiger partial charge on any atom is -0.316 e. The Morgan fingerprint density at radius 3 is 2.60 bits per heavy atom. The van der Waals surface area contributed by atoms with Crippen LogP contribution >= 0.6 is 24.8 Å². The molecule has 0 aliphatic carbocycles. The van der Waals surface area contributed by atoms with Crippen LogP contribution in [0, 0.1) is 11.7 Å². The average Bonchev–Trinajstić information content (AvgIpc) is 2.72. The van der Waals surface area contributed by atoms with Crippen LogP contribution in [0.4, 0.5) is 4.39 Å². The highest BCUT2D eigenvalue weighted by Gasteiger charge is 2.31. The monoisotopic (exact) mass is 451 g/mol. The first-order chi connectivity index (χ1) is 13.7. The van der Waals surface area contributed by atoms with Crippen molar-refractivity contribution in [1.82, 2.24) is 14.8 Å². The van der Waals surface area contributed by atoms with E-state index in [0.717, 1.165) is 50.3 Å². The molecule has 3 aliphatic rings. The maximum atomic E-state index is 13.1. The van der Waals surface area contributed by atoms with Crippen molar-refractivity contribution in [1.29, 1.82) is 0 Å². The molecule has 5 rings (SSSR count). The lowest BCUT2D eigenvalue weighted by molar-refractivity contribution is 0.253. The Morgan fingerprint density at radius 1 is 1.07 bits per heavy atom. The lowest BCUT2D eigenvalue weighted by Gasteiger charge is -2.37. The number of fused-ring (bicyclic) bond motifs is 4. The number of pyridine rings is 1. The molecule has 1 aromatic carbocycles. The Bertz CT molecular complexity index is 973. The fourth-order valence-corrected chi connectivity index (χ4v) is 4.98. The number of nitrogens with one attached hydrogen (secondary N) is 1. The first kappa shape index (κ1) is 23.0. The summed E-state index contributed by atoms with van der Waals surface area (Å²) in [7, 11) is 0. The number of hydrogen-bond donors (Lipinski definition) is 1. The maximum Gasteiger partial charge on any atom is 0.255 e. The van der Waals surface area contributed by atoms with Crippen molar-refractivity contribution in [3.63, 3.8) is 0 Å². The van der Waals surface area contributed by atoms with Crippen LogP contribution in [0.15, 0.2) is 47.3 Å². The third-order valence-electron chi connectivity index (χ3n) is 6.49. The second-order valence-corrected chi connectivity index (χ2v) is 8.38. The molecule has 1 N–H and O–H groups in total. The van der Waals surface area contributed by atoms with Crippen LogP contribution in [0.3, 0.4) is 0 Å². The van der Waals surface area contributed by atoms with Gasteiger partial charge in [0.25, 0.3) is 5.56 Å². The van der Waals surface area contributed by atoms with Crippen LogP contribution in [0.1, 0.15) is 35.6 Å². The predicted octanol–water partition coefficient (Wildman–Crippen LogP) is 3.83. The molecule has 2 atom stereocenters. The van der Waals surface area contributed by atoms with Gasteiger partial charge >= 0.3 is 0 Å². The van der Waals surface area contributed by atoms with Gasteiger partial charge in [0.2, 0.25) is 0 Å². The van der Waals surface area contributed by atoms with Crippen LogP contribution in [0.2, 0.25) is 0 Å². The van der Waals surface area contributed by atoms with Crippen LogP contribution in [0.25, 0.3) is 5.57 Å². The van der Waals surface area contributed by atoms with Gasteiger partial charge in [-0.25, -0.2) is 4.39 Å². The van der Waals surface area contributed by atoms with Gasteiger partial charge in [0.15, 0.2) is 0 Å². The molecule has 3 aliphatic heterocycles. The highest BCUT2D eigenvalue weighted by molar-refractivity contribution is 5.85. The Morgan fingerprint density at radius 2 is 1.87 bits per heavy atom. The van der Waals surface area contributed by atoms with E-state index in [1.807, 2.05) is 22.8 Å². The van der Waals surface area contributed by atoms with Crippen LogP contribution in [-0.4, -0.2) is 35.6 Å². The Hall–Kier alpha value is -1.66. The quantitative estimate of drug-likeness (QED) is 0.770. The lowest BCUT2D eigenvalue weighted by Crippen LogP contribution is -2.45. The summed E-state index contributed by atoms with van der Waals surface area (Å²) in [6, 6.07) is 10.9. The summed E-state index contributed by atoms with van der Waals surface area (Å²) in [6.45, 7) is 5.29. The second kappa shape index (κ2) is 9.65. The molecule has 0 amide bonds. The molecule has 1 aromatic heterocycles. The summed E-state index contributed by atoms with van der Waals surface area (Å²) < 4.78 is 15.2. The van der Waals surface area contributed by atoms with Gasteiger partial charge in [0.1, 0.15) is 5.82 Å². The van der Waals surface area contributed by atoms with E-state index in [1.165, 1.54) is 29.8 Å². The minimum atomic E-state index is -0.199. The van der Waals surface area contributed by atoms with Crippen LogP contribution in [0.5, 0.6) is 0 Å². The number of hydrogen-bond acceptors (Lipinski definition) is 3. The van der Waals surface area contributed by atoms with Gasteiger partial charge in [-0.3, -0.25) is 9.69 Å². The van der Waals surface area contributed by atoms with Crippen molar-refractivity contribution in [3.8, 4) is 0 Å². The lowest BCUT2D eigenvalue weighted by atomic mass is 9.84. The van der Waals surface area contributed by atoms with Crippen molar-refractivity contribution in [3.05, 3.63) is 75.5 Å². The van der Waals surface area contributed by atoms with E-state index in [4.69, 9.17) is 0 Å². The number of rotatable bonds is 3. The summed E-state index contributed by atoms with van der Waals surface area (Å²) in [5.41, 5.74) is 4.65. The van der Waals surface area contributed by atoms with Crippen molar-refractivity contribution >= 4 is 30.4 Å². The molecule has 2 aromatic rings. The van der Waals surface area contributed by atoms with Crippen LogP contribution < -0.4 is 10.9 Å². The fourth-order valence-electron chi connectivity index (χ4n) is 4.98. The van der Waals surface area contributed by atoms with E-state index >= 15 is 0 Å². The molecule has 0 spiro atoms. The molecule has 0 unspecified atom stereocenters. The standard InChI is InChI=1S/C23H26FN3O.2ClH/c24-21-4-1-17(2-5-21)18-7-9-26(10-8-18)15-19-3-6-22-20-11-16(12-25-13-20)14-27(22)23(19)28;;/h1-7,16,20,25H,8-15H2;2*1H/t16-,20+;;/m0../s1. The number of benzene rings is 1. The van der Waals surface area contributed by atoms with Crippen LogP contribution in [-0.2, 0) is 13.1 Å². The second-order valence-electron chi connectivity index (χ2n) is 8.38. The van der Waals surface area contributed by atoms with E-state index < -0.39 is 0 Å². The van der Waals surface area contributed by atoms with Crippen molar-refractivity contribution in [2.45, 2.75) is 31.8 Å². The molecule has 2 bridgehead atoms. The zero-order valence-electron chi connectivity index (χ0n) is 16.9. The van der Waals surface area contributed by atoms with E-state index in [9.17, 15) is 9.18 Å². The summed E-state index contributed by atoms with van der Waals surface area (Å²) in [4.78, 5) is 15.4. The fraction of sp³-hybridized carbons (Fsp3) is 0.435. The average molecular weight is 452 g/mol. The summed E-state index contributed by atoms with van der Waals surface area (Å²) >= 11 is 0. The highest BCUT2D eigenvalue weighted by Crippen LogP contribution is 2.32. The Kier molecular flexibility index (Phi) is 7.40. The molecular weight excluding hydrogens is 424 g/mol. The van der Waals surface area contributed by atoms with E-state index in [0.29, 0.717) is 18.4 Å². The Balaban J connectivity index is 0.00000128. The first-order valence-electron chi connectivity index (χ1n) is 10.3. The molecule has 7 heteroatoms. The number of aromatic nitrogens is 1. The molecule has 1 fully saturated rings. The van der Waals surface area contributed by atoms with Gasteiger partial charge in [-0.15, -0.1) is 24.8 Å².